The zero-order valence-corrected chi connectivity index (χ0v) is 9.80. The number of nitrogens with zero attached hydrogens (tertiary/aromatic N) is 2. The van der Waals surface area contributed by atoms with Crippen LogP contribution in [0.25, 0.3) is 0 Å². The van der Waals surface area contributed by atoms with Gasteiger partial charge in [0.05, 0.1) is 5.54 Å². The molecule has 7 heteroatoms. The smallest absolute Gasteiger partial charge is 0.247 e. The first-order chi connectivity index (χ1) is 6.55. The minimum atomic E-state index is -4.59. The second-order valence-corrected chi connectivity index (χ2v) is 4.75. The number of halogens is 5. The Bertz CT molecular complexity index is 376. The van der Waals surface area contributed by atoms with Crippen LogP contribution in [-0.2, 0) is 11.7 Å². The van der Waals surface area contributed by atoms with Gasteiger partial charge < -0.3 is 0 Å². The fourth-order valence-corrected chi connectivity index (χ4v) is 1.86. The first-order valence-corrected chi connectivity index (χ1v) is 4.82. The third-order valence-corrected chi connectivity index (χ3v) is 2.32. The van der Waals surface area contributed by atoms with Gasteiger partial charge in [-0.2, -0.15) is 18.3 Å². The summed E-state index contributed by atoms with van der Waals surface area (Å²) < 4.78 is 38.5. The summed E-state index contributed by atoms with van der Waals surface area (Å²) in [5.41, 5.74) is -1.73. The highest BCUT2D eigenvalue weighted by molar-refractivity contribution is 6.35. The van der Waals surface area contributed by atoms with E-state index in [1.54, 1.807) is 20.8 Å². The number of aromatic nitrogens is 2. The van der Waals surface area contributed by atoms with E-state index in [0.717, 1.165) is 4.68 Å². The lowest BCUT2D eigenvalue weighted by Crippen LogP contribution is -2.23. The van der Waals surface area contributed by atoms with Crippen molar-refractivity contribution in [1.82, 2.24) is 9.78 Å². The SMILES string of the molecule is CC(C)(C)n1nc(Cl)c(C(F)(F)F)c1Cl. The van der Waals surface area contributed by atoms with Gasteiger partial charge in [-0.25, -0.2) is 4.68 Å². The van der Waals surface area contributed by atoms with Gasteiger partial charge in [-0.05, 0) is 20.8 Å². The van der Waals surface area contributed by atoms with E-state index in [4.69, 9.17) is 23.2 Å². The molecule has 0 saturated heterocycles. The number of hydrogen-bond donors (Lipinski definition) is 0. The maximum Gasteiger partial charge on any atom is 0.422 e. The zero-order chi connectivity index (χ0) is 12.0. The first kappa shape index (κ1) is 12.6. The van der Waals surface area contributed by atoms with Crippen molar-refractivity contribution in [3.63, 3.8) is 0 Å². The molecule has 2 nitrogen and oxygen atoms in total. The molecule has 0 aliphatic rings. The van der Waals surface area contributed by atoms with Gasteiger partial charge in [0.15, 0.2) is 5.15 Å². The van der Waals surface area contributed by atoms with E-state index in [1.165, 1.54) is 0 Å². The first-order valence-electron chi connectivity index (χ1n) is 4.07. The Morgan fingerprint density at radius 1 is 1.13 bits per heavy atom. The van der Waals surface area contributed by atoms with Crippen LogP contribution >= 0.6 is 23.2 Å². The topological polar surface area (TPSA) is 17.8 Å². The summed E-state index contributed by atoms with van der Waals surface area (Å²) in [4.78, 5) is 0. The fourth-order valence-electron chi connectivity index (χ4n) is 1.05. The van der Waals surface area contributed by atoms with E-state index < -0.39 is 27.6 Å². The minimum Gasteiger partial charge on any atom is -0.247 e. The summed E-state index contributed by atoms with van der Waals surface area (Å²) in [5, 5.41) is 2.47. The summed E-state index contributed by atoms with van der Waals surface area (Å²) in [6.45, 7) is 5.05. The summed E-state index contributed by atoms with van der Waals surface area (Å²) in [6.07, 6.45) is -4.59. The molecule has 1 aromatic rings. The van der Waals surface area contributed by atoms with Crippen LogP contribution in [0.15, 0.2) is 0 Å². The molecule has 0 atom stereocenters. The summed E-state index contributed by atoms with van der Waals surface area (Å²) in [7, 11) is 0. The molecule has 0 amide bonds. The highest BCUT2D eigenvalue weighted by Crippen LogP contribution is 2.40. The Morgan fingerprint density at radius 3 is 1.80 bits per heavy atom. The molecule has 0 saturated carbocycles. The Hall–Kier alpha value is -0.420. The minimum absolute atomic E-state index is 0.486. The van der Waals surface area contributed by atoms with Crippen molar-refractivity contribution in [2.75, 3.05) is 0 Å². The molecule has 0 fully saturated rings. The molecule has 0 N–H and O–H groups in total. The van der Waals surface area contributed by atoms with Crippen LogP contribution in [0.4, 0.5) is 13.2 Å². The summed E-state index contributed by atoms with van der Waals surface area (Å²) >= 11 is 11.0. The number of rotatable bonds is 0. The van der Waals surface area contributed by atoms with E-state index in [1.807, 2.05) is 0 Å². The third-order valence-electron chi connectivity index (χ3n) is 1.71. The van der Waals surface area contributed by atoms with Crippen molar-refractivity contribution in [1.29, 1.82) is 0 Å². The zero-order valence-electron chi connectivity index (χ0n) is 8.28. The van der Waals surface area contributed by atoms with Crippen LogP contribution in [0.3, 0.4) is 0 Å². The lowest BCUT2D eigenvalue weighted by atomic mass is 10.1. The van der Waals surface area contributed by atoms with Gasteiger partial charge in [-0.3, -0.25) is 0 Å². The average molecular weight is 261 g/mol. The predicted octanol–water partition coefficient (Wildman–Crippen LogP) is 3.96. The van der Waals surface area contributed by atoms with Gasteiger partial charge in [0.2, 0.25) is 0 Å². The largest absolute Gasteiger partial charge is 0.422 e. The fraction of sp³-hybridized carbons (Fsp3) is 0.625. The van der Waals surface area contributed by atoms with Crippen molar-refractivity contribution in [3.8, 4) is 0 Å². The monoisotopic (exact) mass is 260 g/mol. The molecule has 0 aliphatic heterocycles. The molecule has 15 heavy (non-hydrogen) atoms. The van der Waals surface area contributed by atoms with Gasteiger partial charge in [-0.1, -0.05) is 23.2 Å². The molecule has 1 heterocycles. The molecule has 0 bridgehead atoms. The van der Waals surface area contributed by atoms with Crippen LogP contribution in [0.5, 0.6) is 0 Å². The Balaban J connectivity index is 3.41. The van der Waals surface area contributed by atoms with E-state index in [9.17, 15) is 13.2 Å². The Morgan fingerprint density at radius 2 is 1.60 bits per heavy atom. The van der Waals surface area contributed by atoms with Gasteiger partial charge in [0.1, 0.15) is 10.7 Å². The van der Waals surface area contributed by atoms with Gasteiger partial charge in [0.25, 0.3) is 0 Å². The van der Waals surface area contributed by atoms with E-state index >= 15 is 0 Å². The lowest BCUT2D eigenvalue weighted by molar-refractivity contribution is -0.137. The molecule has 86 valence electrons. The Kier molecular flexibility index (Phi) is 3.00. The van der Waals surface area contributed by atoms with Crippen LogP contribution in [0.2, 0.25) is 10.3 Å². The van der Waals surface area contributed by atoms with E-state index in [0.29, 0.717) is 0 Å². The van der Waals surface area contributed by atoms with Crippen molar-refractivity contribution in [3.05, 3.63) is 15.9 Å². The highest BCUT2D eigenvalue weighted by atomic mass is 35.5. The van der Waals surface area contributed by atoms with E-state index in [2.05, 4.69) is 5.10 Å². The van der Waals surface area contributed by atoms with Gasteiger partial charge in [-0.15, -0.1) is 0 Å². The quantitative estimate of drug-likeness (QED) is 0.691. The number of hydrogen-bond acceptors (Lipinski definition) is 1. The van der Waals surface area contributed by atoms with E-state index in [-0.39, 0.29) is 0 Å². The lowest BCUT2D eigenvalue weighted by Gasteiger charge is -2.20. The molecule has 0 aromatic carbocycles. The summed E-state index contributed by atoms with van der Waals surface area (Å²) in [6, 6.07) is 0. The maximum absolute atomic E-state index is 12.5. The molecular weight excluding hydrogens is 252 g/mol. The predicted molar refractivity (Wildman–Crippen MR) is 52.2 cm³/mol. The molecule has 1 rings (SSSR count). The average Bonchev–Trinajstić information content (AvgIpc) is 2.22. The van der Waals surface area contributed by atoms with Crippen LogP contribution in [0.1, 0.15) is 26.3 Å². The normalized spacial score (nSPS) is 13.3. The van der Waals surface area contributed by atoms with Crippen molar-refractivity contribution < 1.29 is 13.2 Å². The number of alkyl halides is 3. The van der Waals surface area contributed by atoms with Gasteiger partial charge in [0, 0.05) is 0 Å². The highest BCUT2D eigenvalue weighted by Gasteiger charge is 2.40. The maximum atomic E-state index is 12.5. The van der Waals surface area contributed by atoms with Crippen LogP contribution in [-0.4, -0.2) is 9.78 Å². The Labute approximate surface area is 95.0 Å². The van der Waals surface area contributed by atoms with Crippen molar-refractivity contribution in [2.45, 2.75) is 32.5 Å². The van der Waals surface area contributed by atoms with Gasteiger partial charge >= 0.3 is 6.18 Å². The van der Waals surface area contributed by atoms with Crippen molar-refractivity contribution in [2.24, 2.45) is 0 Å². The molecular formula is C8H9Cl2F3N2. The third kappa shape index (κ3) is 2.39. The molecule has 0 radical (unpaired) electrons. The van der Waals surface area contributed by atoms with Crippen LogP contribution in [0, 0.1) is 0 Å². The molecule has 0 aliphatic carbocycles. The van der Waals surface area contributed by atoms with Crippen LogP contribution < -0.4 is 0 Å². The standard InChI is InChI=1S/C8H9Cl2F3N2/c1-7(2,3)15-6(10)4(5(9)14-15)8(11,12)13/h1-3H3. The second-order valence-electron chi connectivity index (χ2n) is 4.04. The summed E-state index contributed by atoms with van der Waals surface area (Å²) in [5.74, 6) is 0. The molecule has 1 aromatic heterocycles. The molecule has 0 unspecified atom stereocenters. The van der Waals surface area contributed by atoms with Crippen molar-refractivity contribution >= 4 is 23.2 Å². The second kappa shape index (κ2) is 3.56. The molecule has 0 spiro atoms.